The summed E-state index contributed by atoms with van der Waals surface area (Å²) in [5.74, 6) is -0.772. The zero-order valence-electron chi connectivity index (χ0n) is 11.4. The molecule has 0 saturated heterocycles. The first-order valence-electron chi connectivity index (χ1n) is 6.25. The molecule has 1 heterocycles. The first kappa shape index (κ1) is 14.7. The number of nitrogens with one attached hydrogen (secondary N) is 1. The van der Waals surface area contributed by atoms with Crippen molar-refractivity contribution >= 4 is 33.0 Å². The summed E-state index contributed by atoms with van der Waals surface area (Å²) in [6.45, 7) is 3.60. The molecule has 2 aromatic rings. The Bertz CT molecular complexity index is 652. The molecule has 0 radical (unpaired) electrons. The summed E-state index contributed by atoms with van der Waals surface area (Å²) in [5.41, 5.74) is 5.51. The highest BCUT2D eigenvalue weighted by Gasteiger charge is 2.24. The van der Waals surface area contributed by atoms with E-state index < -0.39 is 11.4 Å². The minimum absolute atomic E-state index is 0.0240. The number of nitrogen functional groups attached to an aromatic ring is 1. The van der Waals surface area contributed by atoms with E-state index in [4.69, 9.17) is 10.8 Å². The molecule has 4 nitrogen and oxygen atoms in total. The van der Waals surface area contributed by atoms with E-state index in [1.54, 1.807) is 12.1 Å². The average molecular weight is 296 g/mol. The first-order valence-corrected chi connectivity index (χ1v) is 7.07. The molecule has 20 heavy (non-hydrogen) atoms. The number of carbonyl (C=O) groups excluding carboxylic acids is 1. The van der Waals surface area contributed by atoms with Crippen LogP contribution in [0.5, 0.6) is 0 Å². The molecule has 2 rings (SSSR count). The number of fused-ring (bicyclic) bond motifs is 1. The Hall–Kier alpha value is -1.66. The van der Waals surface area contributed by atoms with Crippen LogP contribution < -0.4 is 11.1 Å². The van der Waals surface area contributed by atoms with Gasteiger partial charge < -0.3 is 16.2 Å². The van der Waals surface area contributed by atoms with Gasteiger partial charge in [0.25, 0.3) is 5.91 Å². The molecule has 1 amide bonds. The van der Waals surface area contributed by atoms with Crippen molar-refractivity contribution in [2.45, 2.75) is 25.8 Å². The van der Waals surface area contributed by atoms with E-state index in [1.165, 1.54) is 17.4 Å². The second-order valence-electron chi connectivity index (χ2n) is 5.27. The van der Waals surface area contributed by atoms with Gasteiger partial charge in [-0.15, -0.1) is 11.3 Å². The largest absolute Gasteiger partial charge is 0.397 e. The van der Waals surface area contributed by atoms with E-state index in [9.17, 15) is 9.18 Å². The third-order valence-electron chi connectivity index (χ3n) is 3.10. The fourth-order valence-corrected chi connectivity index (χ4v) is 3.04. The van der Waals surface area contributed by atoms with E-state index in [2.05, 4.69) is 5.32 Å². The maximum Gasteiger partial charge on any atom is 0.263 e. The highest BCUT2D eigenvalue weighted by molar-refractivity contribution is 7.21. The molecular weight excluding hydrogens is 279 g/mol. The van der Waals surface area contributed by atoms with Gasteiger partial charge in [0.2, 0.25) is 0 Å². The molecular formula is C14H17FN2O2S. The number of halogens is 1. The van der Waals surface area contributed by atoms with Crippen molar-refractivity contribution in [1.29, 1.82) is 0 Å². The van der Waals surface area contributed by atoms with Crippen molar-refractivity contribution in [1.82, 2.24) is 5.32 Å². The lowest BCUT2D eigenvalue weighted by molar-refractivity contribution is 0.0904. The zero-order valence-corrected chi connectivity index (χ0v) is 12.2. The molecule has 4 N–H and O–H groups in total. The molecule has 1 aromatic heterocycles. The molecule has 0 aliphatic carbocycles. The van der Waals surface area contributed by atoms with E-state index in [1.807, 2.05) is 13.8 Å². The molecule has 0 unspecified atom stereocenters. The van der Waals surface area contributed by atoms with Gasteiger partial charge in [-0.2, -0.15) is 0 Å². The number of aliphatic hydroxyl groups excluding tert-OH is 1. The Kier molecular flexibility index (Phi) is 3.96. The number of anilines is 1. The van der Waals surface area contributed by atoms with Crippen LogP contribution in [0.4, 0.5) is 10.1 Å². The third kappa shape index (κ3) is 2.76. The van der Waals surface area contributed by atoms with Gasteiger partial charge >= 0.3 is 0 Å². The number of amides is 1. The van der Waals surface area contributed by atoms with Gasteiger partial charge in [-0.25, -0.2) is 4.39 Å². The second-order valence-corrected chi connectivity index (χ2v) is 6.32. The predicted molar refractivity (Wildman–Crippen MR) is 79.4 cm³/mol. The molecule has 0 atom stereocenters. The van der Waals surface area contributed by atoms with E-state index in [0.717, 1.165) is 0 Å². The Morgan fingerprint density at radius 2 is 2.20 bits per heavy atom. The topological polar surface area (TPSA) is 75.3 Å². The van der Waals surface area contributed by atoms with Crippen molar-refractivity contribution in [2.24, 2.45) is 0 Å². The number of rotatable bonds is 4. The number of nitrogens with two attached hydrogens (primary N) is 1. The minimum Gasteiger partial charge on any atom is -0.397 e. The van der Waals surface area contributed by atoms with Crippen molar-refractivity contribution < 1.29 is 14.3 Å². The van der Waals surface area contributed by atoms with Crippen LogP contribution in [0.15, 0.2) is 18.2 Å². The lowest BCUT2D eigenvalue weighted by Gasteiger charge is -2.25. The van der Waals surface area contributed by atoms with Crippen molar-refractivity contribution in [3.05, 3.63) is 28.9 Å². The predicted octanol–water partition coefficient (Wildman–Crippen LogP) is 2.51. The highest BCUT2D eigenvalue weighted by Crippen LogP contribution is 2.35. The zero-order chi connectivity index (χ0) is 14.9. The second kappa shape index (κ2) is 5.38. The van der Waals surface area contributed by atoms with Gasteiger partial charge in [-0.1, -0.05) is 6.07 Å². The maximum atomic E-state index is 13.7. The Balaban J connectivity index is 2.36. The van der Waals surface area contributed by atoms with Crippen LogP contribution in [0.25, 0.3) is 10.1 Å². The lowest BCUT2D eigenvalue weighted by Crippen LogP contribution is -2.43. The molecule has 0 spiro atoms. The van der Waals surface area contributed by atoms with Crippen LogP contribution >= 0.6 is 11.3 Å². The smallest absolute Gasteiger partial charge is 0.263 e. The fraction of sp³-hybridized carbons (Fsp3) is 0.357. The van der Waals surface area contributed by atoms with Gasteiger partial charge in [-0.05, 0) is 32.4 Å². The number of hydrogen-bond donors (Lipinski definition) is 3. The Morgan fingerprint density at radius 3 is 2.80 bits per heavy atom. The van der Waals surface area contributed by atoms with Gasteiger partial charge in [-0.3, -0.25) is 4.79 Å². The van der Waals surface area contributed by atoms with Crippen LogP contribution in [0.1, 0.15) is 29.9 Å². The SMILES string of the molecule is CC(C)(CCO)NC(=O)c1sc2cccc(F)c2c1N. The van der Waals surface area contributed by atoms with Crippen LogP contribution in [-0.4, -0.2) is 23.2 Å². The molecule has 1 aromatic carbocycles. The summed E-state index contributed by atoms with van der Waals surface area (Å²) in [4.78, 5) is 12.6. The normalized spacial score (nSPS) is 11.8. The van der Waals surface area contributed by atoms with E-state index >= 15 is 0 Å². The summed E-state index contributed by atoms with van der Waals surface area (Å²) in [5, 5.41) is 12.1. The van der Waals surface area contributed by atoms with Crippen molar-refractivity contribution in [3.8, 4) is 0 Å². The quantitative estimate of drug-likeness (QED) is 0.811. The van der Waals surface area contributed by atoms with Crippen molar-refractivity contribution in [3.63, 3.8) is 0 Å². The maximum absolute atomic E-state index is 13.7. The molecule has 0 aliphatic heterocycles. The van der Waals surface area contributed by atoms with Gasteiger partial charge in [0.1, 0.15) is 10.7 Å². The Morgan fingerprint density at radius 1 is 1.50 bits per heavy atom. The Labute approximate surface area is 120 Å². The first-order chi connectivity index (χ1) is 9.35. The van der Waals surface area contributed by atoms with Crippen LogP contribution in [0.3, 0.4) is 0 Å². The number of carbonyl (C=O) groups is 1. The molecule has 108 valence electrons. The van der Waals surface area contributed by atoms with Crippen LogP contribution in [0.2, 0.25) is 0 Å². The standard InChI is InChI=1S/C14H17FN2O2S/c1-14(2,6-7-18)17-13(19)12-11(16)10-8(15)4-3-5-9(10)20-12/h3-5,18H,6-7,16H2,1-2H3,(H,17,19). The summed E-state index contributed by atoms with van der Waals surface area (Å²) < 4.78 is 14.4. The molecule has 0 bridgehead atoms. The molecule has 0 fully saturated rings. The van der Waals surface area contributed by atoms with Crippen LogP contribution in [-0.2, 0) is 0 Å². The average Bonchev–Trinajstić information content (AvgIpc) is 2.67. The number of thiophene rings is 1. The fourth-order valence-electron chi connectivity index (χ4n) is 2.00. The lowest BCUT2D eigenvalue weighted by atomic mass is 10.0. The summed E-state index contributed by atoms with van der Waals surface area (Å²) in [7, 11) is 0. The monoisotopic (exact) mass is 296 g/mol. The van der Waals surface area contributed by atoms with E-state index in [-0.39, 0.29) is 18.2 Å². The summed E-state index contributed by atoms with van der Waals surface area (Å²) in [6, 6.07) is 4.64. The molecule has 0 aliphatic rings. The van der Waals surface area contributed by atoms with Crippen molar-refractivity contribution in [2.75, 3.05) is 12.3 Å². The number of benzene rings is 1. The summed E-state index contributed by atoms with van der Waals surface area (Å²) in [6.07, 6.45) is 0.428. The minimum atomic E-state index is -0.549. The van der Waals surface area contributed by atoms with E-state index in [0.29, 0.717) is 21.4 Å². The third-order valence-corrected chi connectivity index (χ3v) is 4.27. The van der Waals surface area contributed by atoms with Gasteiger partial charge in [0.15, 0.2) is 0 Å². The highest BCUT2D eigenvalue weighted by atomic mass is 32.1. The number of aliphatic hydroxyl groups is 1. The van der Waals surface area contributed by atoms with Crippen LogP contribution in [0, 0.1) is 5.82 Å². The molecule has 6 heteroatoms. The molecule has 0 saturated carbocycles. The van der Waals surface area contributed by atoms with Gasteiger partial charge in [0.05, 0.1) is 11.1 Å². The number of hydrogen-bond acceptors (Lipinski definition) is 4. The summed E-state index contributed by atoms with van der Waals surface area (Å²) >= 11 is 1.17. The van der Waals surface area contributed by atoms with Gasteiger partial charge in [0, 0.05) is 16.8 Å².